The third-order valence-corrected chi connectivity index (χ3v) is 3.76. The van der Waals surface area contributed by atoms with Crippen LogP contribution in [0.25, 0.3) is 0 Å². The summed E-state index contributed by atoms with van der Waals surface area (Å²) in [5, 5.41) is 8.93. The van der Waals surface area contributed by atoms with Crippen molar-refractivity contribution in [1.29, 1.82) is 5.26 Å². The molecule has 1 aliphatic rings. The van der Waals surface area contributed by atoms with E-state index in [9.17, 15) is 4.79 Å². The van der Waals surface area contributed by atoms with Gasteiger partial charge in [0, 0.05) is 13.6 Å². The predicted octanol–water partition coefficient (Wildman–Crippen LogP) is 2.96. The highest BCUT2D eigenvalue weighted by molar-refractivity contribution is 5.84. The molecule has 96 valence electrons. The van der Waals surface area contributed by atoms with Crippen molar-refractivity contribution in [2.45, 2.75) is 52.4 Å². The zero-order valence-electron chi connectivity index (χ0n) is 11.3. The molecule has 3 heteroatoms. The molecule has 0 spiro atoms. The summed E-state index contributed by atoms with van der Waals surface area (Å²) in [6, 6.07) is 2.07. The van der Waals surface area contributed by atoms with Crippen LogP contribution in [0.15, 0.2) is 0 Å². The fourth-order valence-electron chi connectivity index (χ4n) is 2.48. The average molecular weight is 236 g/mol. The summed E-state index contributed by atoms with van der Waals surface area (Å²) >= 11 is 0. The fourth-order valence-corrected chi connectivity index (χ4v) is 2.48. The molecule has 0 aliphatic heterocycles. The second-order valence-electron chi connectivity index (χ2n) is 5.76. The van der Waals surface area contributed by atoms with E-state index < -0.39 is 5.41 Å². The molecule has 17 heavy (non-hydrogen) atoms. The maximum atomic E-state index is 12.0. The normalized spacial score (nSPS) is 17.5. The fraction of sp³-hybridized carbons (Fsp3) is 0.857. The van der Waals surface area contributed by atoms with Gasteiger partial charge >= 0.3 is 0 Å². The van der Waals surface area contributed by atoms with Gasteiger partial charge < -0.3 is 4.90 Å². The van der Waals surface area contributed by atoms with E-state index in [1.165, 1.54) is 32.1 Å². The summed E-state index contributed by atoms with van der Waals surface area (Å²) < 4.78 is 0. The molecule has 1 amide bonds. The van der Waals surface area contributed by atoms with E-state index in [1.807, 2.05) is 7.05 Å². The monoisotopic (exact) mass is 236 g/mol. The van der Waals surface area contributed by atoms with Crippen LogP contribution < -0.4 is 0 Å². The van der Waals surface area contributed by atoms with Crippen molar-refractivity contribution in [2.24, 2.45) is 11.3 Å². The summed E-state index contributed by atoms with van der Waals surface area (Å²) in [6.45, 7) is 4.16. The highest BCUT2D eigenvalue weighted by atomic mass is 16.2. The summed E-state index contributed by atoms with van der Waals surface area (Å²) in [7, 11) is 1.81. The minimum atomic E-state index is -0.888. The molecule has 0 N–H and O–H groups in total. The molecule has 1 saturated carbocycles. The van der Waals surface area contributed by atoms with Gasteiger partial charge in [-0.15, -0.1) is 0 Å². The van der Waals surface area contributed by atoms with E-state index in [1.54, 1.807) is 18.7 Å². The van der Waals surface area contributed by atoms with E-state index in [4.69, 9.17) is 5.26 Å². The Bertz CT molecular complexity index is 298. The van der Waals surface area contributed by atoms with E-state index >= 15 is 0 Å². The van der Waals surface area contributed by atoms with Crippen LogP contribution in [-0.4, -0.2) is 24.4 Å². The lowest BCUT2D eigenvalue weighted by atomic mass is 9.86. The zero-order chi connectivity index (χ0) is 12.9. The van der Waals surface area contributed by atoms with Gasteiger partial charge in [0.25, 0.3) is 0 Å². The highest BCUT2D eigenvalue weighted by Gasteiger charge is 2.30. The van der Waals surface area contributed by atoms with Crippen LogP contribution in [0.5, 0.6) is 0 Å². The molecule has 0 saturated heterocycles. The van der Waals surface area contributed by atoms with Crippen LogP contribution in [0, 0.1) is 22.7 Å². The largest absolute Gasteiger partial charge is 0.344 e. The first-order valence-corrected chi connectivity index (χ1v) is 6.64. The van der Waals surface area contributed by atoms with Crippen LogP contribution in [-0.2, 0) is 4.79 Å². The van der Waals surface area contributed by atoms with Gasteiger partial charge in [0.2, 0.25) is 5.91 Å². The van der Waals surface area contributed by atoms with E-state index in [-0.39, 0.29) is 5.91 Å². The molecule has 0 aromatic carbocycles. The number of rotatable bonds is 4. The van der Waals surface area contributed by atoms with Crippen LogP contribution in [0.2, 0.25) is 0 Å². The maximum absolute atomic E-state index is 12.0. The number of hydrogen-bond acceptors (Lipinski definition) is 2. The van der Waals surface area contributed by atoms with Crippen molar-refractivity contribution in [3.05, 3.63) is 0 Å². The second kappa shape index (κ2) is 6.05. The van der Waals surface area contributed by atoms with Crippen molar-refractivity contribution in [3.63, 3.8) is 0 Å². The molecule has 1 fully saturated rings. The standard InChI is InChI=1S/C14H24N2O/c1-14(2,11-15)13(17)16(3)10-9-12-7-5-4-6-8-12/h12H,4-10H2,1-3H3. The summed E-state index contributed by atoms with van der Waals surface area (Å²) in [5.41, 5.74) is -0.888. The van der Waals surface area contributed by atoms with Crippen LogP contribution in [0.3, 0.4) is 0 Å². The van der Waals surface area contributed by atoms with Crippen LogP contribution in [0.1, 0.15) is 52.4 Å². The first kappa shape index (κ1) is 14.0. The lowest BCUT2D eigenvalue weighted by Crippen LogP contribution is -2.38. The minimum absolute atomic E-state index is 0.0594. The highest BCUT2D eigenvalue weighted by Crippen LogP contribution is 2.26. The van der Waals surface area contributed by atoms with E-state index in [0.29, 0.717) is 0 Å². The maximum Gasteiger partial charge on any atom is 0.242 e. The topological polar surface area (TPSA) is 44.1 Å². The van der Waals surface area contributed by atoms with Gasteiger partial charge in [-0.3, -0.25) is 4.79 Å². The van der Waals surface area contributed by atoms with Crippen LogP contribution in [0.4, 0.5) is 0 Å². The SMILES string of the molecule is CN(CCC1CCCCC1)C(=O)C(C)(C)C#N. The molecule has 3 nitrogen and oxygen atoms in total. The first-order valence-electron chi connectivity index (χ1n) is 6.64. The van der Waals surface area contributed by atoms with Gasteiger partial charge in [-0.25, -0.2) is 0 Å². The van der Waals surface area contributed by atoms with Crippen LogP contribution >= 0.6 is 0 Å². The Hall–Kier alpha value is -1.04. The minimum Gasteiger partial charge on any atom is -0.344 e. The molecule has 0 aromatic heterocycles. The van der Waals surface area contributed by atoms with Gasteiger partial charge in [0.05, 0.1) is 6.07 Å². The summed E-state index contributed by atoms with van der Waals surface area (Å²) in [6.07, 6.45) is 7.75. The van der Waals surface area contributed by atoms with Crippen molar-refractivity contribution in [2.75, 3.05) is 13.6 Å². The lowest BCUT2D eigenvalue weighted by molar-refractivity contribution is -0.136. The van der Waals surface area contributed by atoms with Gasteiger partial charge in [-0.1, -0.05) is 32.1 Å². The molecule has 0 heterocycles. The number of carbonyl (C=O) groups excluding carboxylic acids is 1. The molecule has 0 unspecified atom stereocenters. The Labute approximate surface area is 105 Å². The smallest absolute Gasteiger partial charge is 0.242 e. The molecule has 0 aromatic rings. The molecular formula is C14H24N2O. The molecule has 0 radical (unpaired) electrons. The Morgan fingerprint density at radius 1 is 1.35 bits per heavy atom. The Morgan fingerprint density at radius 3 is 2.47 bits per heavy atom. The third kappa shape index (κ3) is 4.03. The summed E-state index contributed by atoms with van der Waals surface area (Å²) in [4.78, 5) is 13.7. The molecule has 1 rings (SSSR count). The van der Waals surface area contributed by atoms with Gasteiger partial charge in [-0.2, -0.15) is 5.26 Å². The summed E-state index contributed by atoms with van der Waals surface area (Å²) in [5.74, 6) is 0.722. The van der Waals surface area contributed by atoms with Gasteiger partial charge in [-0.05, 0) is 26.2 Å². The number of hydrogen-bond donors (Lipinski definition) is 0. The van der Waals surface area contributed by atoms with E-state index in [2.05, 4.69) is 6.07 Å². The number of carbonyl (C=O) groups is 1. The molecule has 0 atom stereocenters. The molecule has 0 bridgehead atoms. The van der Waals surface area contributed by atoms with Gasteiger partial charge in [0.15, 0.2) is 0 Å². The van der Waals surface area contributed by atoms with Crippen molar-refractivity contribution in [3.8, 4) is 6.07 Å². The van der Waals surface area contributed by atoms with Gasteiger partial charge in [0.1, 0.15) is 5.41 Å². The first-order chi connectivity index (χ1) is 7.97. The Kier molecular flexibility index (Phi) is 4.99. The zero-order valence-corrected chi connectivity index (χ0v) is 11.3. The quantitative estimate of drug-likeness (QED) is 0.753. The number of amides is 1. The number of nitrogens with zero attached hydrogens (tertiary/aromatic N) is 2. The molecule has 1 aliphatic carbocycles. The Balaban J connectivity index is 2.36. The Morgan fingerprint density at radius 2 is 1.94 bits per heavy atom. The lowest BCUT2D eigenvalue weighted by Gasteiger charge is -2.27. The number of nitriles is 1. The second-order valence-corrected chi connectivity index (χ2v) is 5.76. The van der Waals surface area contributed by atoms with Crippen molar-refractivity contribution in [1.82, 2.24) is 4.90 Å². The molecular weight excluding hydrogens is 212 g/mol. The van der Waals surface area contributed by atoms with Crippen molar-refractivity contribution >= 4 is 5.91 Å². The predicted molar refractivity (Wildman–Crippen MR) is 68.2 cm³/mol. The average Bonchev–Trinajstić information content (AvgIpc) is 2.36. The third-order valence-electron chi connectivity index (χ3n) is 3.76. The van der Waals surface area contributed by atoms with Crippen molar-refractivity contribution < 1.29 is 4.79 Å². The van der Waals surface area contributed by atoms with E-state index in [0.717, 1.165) is 18.9 Å².